The summed E-state index contributed by atoms with van der Waals surface area (Å²) in [6, 6.07) is 78.8. The van der Waals surface area contributed by atoms with Crippen molar-refractivity contribution in [2.45, 2.75) is 0 Å². The summed E-state index contributed by atoms with van der Waals surface area (Å²) in [4.78, 5) is 0. The number of nitrogens with zero attached hydrogens (tertiary/aromatic N) is 1. The maximum atomic E-state index is 6.84. The monoisotopic (exact) mass is 763 g/mol. The van der Waals surface area contributed by atoms with E-state index in [-0.39, 0.29) is 0 Å². The summed E-state index contributed by atoms with van der Waals surface area (Å²) < 4.78 is 9.26. The third-order valence-corrected chi connectivity index (χ3v) is 12.2. The summed E-state index contributed by atoms with van der Waals surface area (Å²) in [6.07, 6.45) is 2.35. The van der Waals surface area contributed by atoms with Gasteiger partial charge in [0.1, 0.15) is 11.2 Å². The molecule has 0 atom stereocenters. The minimum atomic E-state index is 0.871. The molecule has 2 heteroatoms. The number of furan rings is 1. The van der Waals surface area contributed by atoms with E-state index in [1.807, 2.05) is 0 Å². The Morgan fingerprint density at radius 1 is 0.383 bits per heavy atom. The summed E-state index contributed by atoms with van der Waals surface area (Å²) in [5, 5.41) is 9.57. The van der Waals surface area contributed by atoms with E-state index in [1.54, 1.807) is 0 Å². The van der Waals surface area contributed by atoms with Gasteiger partial charge < -0.3 is 8.98 Å². The largest absolute Gasteiger partial charge is 0.455 e. The molecule has 0 saturated heterocycles. The van der Waals surface area contributed by atoms with Crippen LogP contribution in [-0.2, 0) is 0 Å². The topological polar surface area (TPSA) is 18.1 Å². The normalized spacial score (nSPS) is 12.1. The molecule has 2 nitrogen and oxygen atoms in total. The molecule has 0 aliphatic rings. The lowest BCUT2D eigenvalue weighted by Gasteiger charge is -2.12. The zero-order valence-corrected chi connectivity index (χ0v) is 32.7. The van der Waals surface area contributed by atoms with Gasteiger partial charge in [-0.2, -0.15) is 0 Å². The van der Waals surface area contributed by atoms with Crippen molar-refractivity contribution in [1.29, 1.82) is 0 Å². The van der Waals surface area contributed by atoms with Gasteiger partial charge in [-0.25, -0.2) is 0 Å². The van der Waals surface area contributed by atoms with Crippen LogP contribution in [0.1, 0.15) is 16.7 Å². The van der Waals surface area contributed by atoms with Crippen molar-refractivity contribution in [2.75, 3.05) is 0 Å². The highest BCUT2D eigenvalue weighted by atomic mass is 16.3. The van der Waals surface area contributed by atoms with Gasteiger partial charge in [-0.1, -0.05) is 188 Å². The number of fused-ring (bicyclic) bond motifs is 8. The predicted molar refractivity (Wildman–Crippen MR) is 254 cm³/mol. The molecule has 0 aliphatic carbocycles. The zero-order valence-electron chi connectivity index (χ0n) is 32.7. The first-order chi connectivity index (χ1) is 29.7. The van der Waals surface area contributed by atoms with Crippen LogP contribution in [0.3, 0.4) is 0 Å². The fraction of sp³-hybridized carbons (Fsp3) is 0. The van der Waals surface area contributed by atoms with Gasteiger partial charge in [0.25, 0.3) is 0 Å². The molecule has 60 heavy (non-hydrogen) atoms. The van der Waals surface area contributed by atoms with Crippen LogP contribution in [0, 0.1) is 0 Å². The van der Waals surface area contributed by atoms with E-state index < -0.39 is 0 Å². The molecule has 12 rings (SSSR count). The molecular weight excluding hydrogens is 727 g/mol. The van der Waals surface area contributed by atoms with Crippen LogP contribution < -0.4 is 0 Å². The molecule has 0 spiro atoms. The summed E-state index contributed by atoms with van der Waals surface area (Å²) in [5.41, 5.74) is 14.5. The van der Waals surface area contributed by atoms with Gasteiger partial charge in [-0.05, 0) is 91.5 Å². The van der Waals surface area contributed by atoms with Crippen LogP contribution in [0.5, 0.6) is 0 Å². The minimum absolute atomic E-state index is 0.871. The fourth-order valence-electron chi connectivity index (χ4n) is 9.33. The molecule has 12 aromatic rings. The standard InChI is InChI=1S/C58H37NO/c1-2-13-38(14-3-1)39-27-29-42(30-28-39)52(35-43-19-10-17-40-15-4-6-20-46(40)43)44-32-34-57-53(36-44)51-24-12-23-48(58(51)60-57)45-31-33-50-49-22-8-9-25-55(49)59(56(50)37-45)54-26-11-18-41-16-5-7-21-47(41)54/h1-37H. The third-order valence-electron chi connectivity index (χ3n) is 12.2. The molecule has 0 N–H and O–H groups in total. The Morgan fingerprint density at radius 2 is 1.00 bits per heavy atom. The highest BCUT2D eigenvalue weighted by Gasteiger charge is 2.18. The van der Waals surface area contributed by atoms with Gasteiger partial charge in [-0.3, -0.25) is 0 Å². The van der Waals surface area contributed by atoms with Crippen LogP contribution in [-0.4, -0.2) is 4.57 Å². The first-order valence-corrected chi connectivity index (χ1v) is 20.6. The lowest BCUT2D eigenvalue weighted by Crippen LogP contribution is -1.95. The maximum Gasteiger partial charge on any atom is 0.143 e. The summed E-state index contributed by atoms with van der Waals surface area (Å²) in [7, 11) is 0. The van der Waals surface area contributed by atoms with E-state index in [4.69, 9.17) is 4.42 Å². The first kappa shape index (κ1) is 34.1. The Balaban J connectivity index is 1.02. The Hall–Kier alpha value is -7.94. The van der Waals surface area contributed by atoms with Gasteiger partial charge in [-0.15, -0.1) is 0 Å². The second-order valence-electron chi connectivity index (χ2n) is 15.6. The number of hydrogen-bond donors (Lipinski definition) is 0. The van der Waals surface area contributed by atoms with Crippen molar-refractivity contribution in [2.24, 2.45) is 0 Å². The molecule has 2 heterocycles. The van der Waals surface area contributed by atoms with Gasteiger partial charge in [0.2, 0.25) is 0 Å². The number of para-hydroxylation sites is 2. The van der Waals surface area contributed by atoms with Crippen molar-refractivity contribution < 1.29 is 4.42 Å². The van der Waals surface area contributed by atoms with Crippen LogP contribution in [0.25, 0.3) is 105 Å². The quantitative estimate of drug-likeness (QED) is 0.154. The van der Waals surface area contributed by atoms with Crippen LogP contribution in [0.2, 0.25) is 0 Å². The SMILES string of the molecule is C(=C(c1ccc(-c2ccccc2)cc1)c1ccc2oc3c(-c4ccc5c6ccccc6n(-c6cccc7ccccc67)c5c4)cccc3c2c1)c1cccc2ccccc12. The summed E-state index contributed by atoms with van der Waals surface area (Å²) >= 11 is 0. The minimum Gasteiger partial charge on any atom is -0.455 e. The molecule has 280 valence electrons. The van der Waals surface area contributed by atoms with E-state index in [9.17, 15) is 0 Å². The molecular formula is C58H37NO. The molecule has 10 aromatic carbocycles. The highest BCUT2D eigenvalue weighted by molar-refractivity contribution is 6.14. The molecule has 0 bridgehead atoms. The van der Waals surface area contributed by atoms with E-state index >= 15 is 0 Å². The van der Waals surface area contributed by atoms with Crippen molar-refractivity contribution in [1.82, 2.24) is 4.57 Å². The molecule has 0 aliphatic heterocycles. The smallest absolute Gasteiger partial charge is 0.143 e. The number of benzene rings is 10. The average Bonchev–Trinajstić information content (AvgIpc) is 3.86. The van der Waals surface area contributed by atoms with Gasteiger partial charge in [0.15, 0.2) is 0 Å². The summed E-state index contributed by atoms with van der Waals surface area (Å²) in [5.74, 6) is 0. The molecule has 0 unspecified atom stereocenters. The van der Waals surface area contributed by atoms with Crippen LogP contribution in [0.4, 0.5) is 0 Å². The van der Waals surface area contributed by atoms with Gasteiger partial charge in [0.05, 0.1) is 16.7 Å². The third kappa shape index (κ3) is 5.57. The molecule has 0 radical (unpaired) electrons. The number of aromatic nitrogens is 1. The van der Waals surface area contributed by atoms with Gasteiger partial charge >= 0.3 is 0 Å². The van der Waals surface area contributed by atoms with Gasteiger partial charge in [0, 0.05) is 32.5 Å². The Kier molecular flexibility index (Phi) is 7.89. The predicted octanol–water partition coefficient (Wildman–Crippen LogP) is 15.9. The molecule has 0 amide bonds. The van der Waals surface area contributed by atoms with Crippen LogP contribution in [0.15, 0.2) is 223 Å². The van der Waals surface area contributed by atoms with E-state index in [2.05, 4.69) is 229 Å². The average molecular weight is 764 g/mol. The van der Waals surface area contributed by atoms with Crippen molar-refractivity contribution in [3.8, 4) is 27.9 Å². The van der Waals surface area contributed by atoms with E-state index in [0.29, 0.717) is 0 Å². The lowest BCUT2D eigenvalue weighted by molar-refractivity contribution is 0.670. The van der Waals surface area contributed by atoms with Crippen molar-refractivity contribution in [3.05, 3.63) is 235 Å². The highest BCUT2D eigenvalue weighted by Crippen LogP contribution is 2.41. The van der Waals surface area contributed by atoms with Crippen molar-refractivity contribution in [3.63, 3.8) is 0 Å². The lowest BCUT2D eigenvalue weighted by atomic mass is 9.92. The number of hydrogen-bond acceptors (Lipinski definition) is 1. The first-order valence-electron chi connectivity index (χ1n) is 20.6. The fourth-order valence-corrected chi connectivity index (χ4v) is 9.33. The second-order valence-corrected chi connectivity index (χ2v) is 15.6. The van der Waals surface area contributed by atoms with E-state index in [1.165, 1.54) is 65.7 Å². The van der Waals surface area contributed by atoms with Crippen LogP contribution >= 0.6 is 0 Å². The Bertz CT molecular complexity index is 3630. The number of rotatable bonds is 6. The zero-order chi connectivity index (χ0) is 39.6. The Labute approximate surface area is 347 Å². The summed E-state index contributed by atoms with van der Waals surface area (Å²) in [6.45, 7) is 0. The second kappa shape index (κ2) is 13.9. The Morgan fingerprint density at radius 3 is 1.85 bits per heavy atom. The maximum absolute atomic E-state index is 6.84. The molecule has 2 aromatic heterocycles. The van der Waals surface area contributed by atoms with E-state index in [0.717, 1.165) is 49.8 Å². The molecule has 0 saturated carbocycles. The van der Waals surface area contributed by atoms with Crippen molar-refractivity contribution >= 4 is 76.9 Å². The molecule has 0 fully saturated rings.